The van der Waals surface area contributed by atoms with Crippen LogP contribution >= 0.6 is 35.0 Å². The molecule has 2 aromatic heterocycles. The predicted molar refractivity (Wildman–Crippen MR) is 119 cm³/mol. The van der Waals surface area contributed by atoms with Crippen molar-refractivity contribution in [1.29, 1.82) is 0 Å². The number of aromatic nitrogens is 4. The molecule has 0 aliphatic carbocycles. The Bertz CT molecular complexity index is 1010. The Morgan fingerprint density at radius 3 is 2.79 bits per heavy atom. The lowest BCUT2D eigenvalue weighted by molar-refractivity contribution is 0.0952. The molecule has 7 nitrogen and oxygen atoms in total. The third kappa shape index (κ3) is 5.32. The van der Waals surface area contributed by atoms with E-state index in [4.69, 9.17) is 23.2 Å². The van der Waals surface area contributed by atoms with Crippen molar-refractivity contribution in [2.75, 3.05) is 24.2 Å². The van der Waals surface area contributed by atoms with E-state index in [1.807, 2.05) is 0 Å². The second kappa shape index (κ2) is 10.1. The Morgan fingerprint density at radius 2 is 2.03 bits per heavy atom. The molecule has 0 atom stereocenters. The molecule has 0 fully saturated rings. The van der Waals surface area contributed by atoms with Crippen molar-refractivity contribution in [3.8, 4) is 0 Å². The van der Waals surface area contributed by atoms with Gasteiger partial charge in [0.05, 0.1) is 28.7 Å². The first-order chi connectivity index (χ1) is 14.0. The van der Waals surface area contributed by atoms with E-state index in [2.05, 4.69) is 39.5 Å². The number of rotatable bonds is 9. The number of halogens is 2. The summed E-state index contributed by atoms with van der Waals surface area (Å²) >= 11 is 13.6. The number of hydrogen-bond donors (Lipinski definition) is 2. The van der Waals surface area contributed by atoms with Gasteiger partial charge in [0.2, 0.25) is 0 Å². The molecule has 0 radical (unpaired) electrons. The van der Waals surface area contributed by atoms with E-state index in [-0.39, 0.29) is 5.91 Å². The number of anilines is 1. The van der Waals surface area contributed by atoms with Crippen molar-refractivity contribution in [2.24, 2.45) is 0 Å². The van der Waals surface area contributed by atoms with Gasteiger partial charge in [-0.05, 0) is 30.4 Å². The topological polar surface area (TPSA) is 84.7 Å². The molecule has 29 heavy (non-hydrogen) atoms. The molecule has 0 spiro atoms. The number of carbonyl (C=O) groups is 1. The molecule has 0 unspecified atom stereocenters. The number of nitrogens with one attached hydrogen (secondary N) is 2. The number of nitrogens with zero attached hydrogens (tertiary/aromatic N) is 4. The van der Waals surface area contributed by atoms with Crippen LogP contribution in [0.2, 0.25) is 10.0 Å². The highest BCUT2D eigenvalue weighted by Crippen LogP contribution is 2.24. The number of carbonyl (C=O) groups excluding carboxylic acids is 1. The molecule has 0 aliphatic rings. The third-order valence-electron chi connectivity index (χ3n) is 4.07. The standard InChI is InChI=1S/C19H22Cl2N6OS/c1-3-7-22-16-14-11-24-27(17(14)26-19(25-16)29-4-2)9-8-23-18(28)13-10-12(20)5-6-15(13)21/h5-6,10-11H,3-4,7-9H2,1-2H3,(H,23,28)(H,22,25,26). The van der Waals surface area contributed by atoms with Crippen LogP contribution in [-0.4, -0.2) is 44.5 Å². The Kier molecular flexibility index (Phi) is 7.57. The molecule has 2 heterocycles. The minimum Gasteiger partial charge on any atom is -0.369 e. The molecule has 0 bridgehead atoms. The maximum Gasteiger partial charge on any atom is 0.252 e. The highest BCUT2D eigenvalue weighted by Gasteiger charge is 2.14. The quantitative estimate of drug-likeness (QED) is 0.367. The Hall–Kier alpha value is -2.03. The van der Waals surface area contributed by atoms with Gasteiger partial charge in [0.1, 0.15) is 5.82 Å². The lowest BCUT2D eigenvalue weighted by Crippen LogP contribution is -2.27. The van der Waals surface area contributed by atoms with Crippen molar-refractivity contribution in [3.63, 3.8) is 0 Å². The normalized spacial score (nSPS) is 11.0. The molecule has 0 saturated carbocycles. The van der Waals surface area contributed by atoms with Crippen LogP contribution in [0, 0.1) is 0 Å². The Balaban J connectivity index is 1.75. The summed E-state index contributed by atoms with van der Waals surface area (Å²) in [5, 5.41) is 13.0. The van der Waals surface area contributed by atoms with Crippen molar-refractivity contribution in [2.45, 2.75) is 32.0 Å². The van der Waals surface area contributed by atoms with Gasteiger partial charge < -0.3 is 10.6 Å². The van der Waals surface area contributed by atoms with Crippen LogP contribution in [0.3, 0.4) is 0 Å². The molecular formula is C19H22Cl2N6OS. The van der Waals surface area contributed by atoms with Crippen LogP contribution in [0.5, 0.6) is 0 Å². The van der Waals surface area contributed by atoms with Crippen LogP contribution in [0.25, 0.3) is 11.0 Å². The average Bonchev–Trinajstić information content (AvgIpc) is 3.11. The summed E-state index contributed by atoms with van der Waals surface area (Å²) < 4.78 is 1.77. The number of hydrogen-bond acceptors (Lipinski definition) is 6. The zero-order chi connectivity index (χ0) is 20.8. The fraction of sp³-hybridized carbons (Fsp3) is 0.368. The molecule has 154 valence electrons. The number of thioether (sulfide) groups is 1. The van der Waals surface area contributed by atoms with E-state index >= 15 is 0 Å². The van der Waals surface area contributed by atoms with E-state index < -0.39 is 0 Å². The smallest absolute Gasteiger partial charge is 0.252 e. The van der Waals surface area contributed by atoms with E-state index in [1.54, 1.807) is 40.8 Å². The number of fused-ring (bicyclic) bond motifs is 1. The van der Waals surface area contributed by atoms with E-state index in [9.17, 15) is 4.79 Å². The fourth-order valence-corrected chi connectivity index (χ4v) is 3.65. The molecule has 2 N–H and O–H groups in total. The second-order valence-electron chi connectivity index (χ2n) is 6.20. The first kappa shape index (κ1) is 21.7. The SMILES string of the molecule is CCCNc1nc(SCC)nc2c1cnn2CCNC(=O)c1cc(Cl)ccc1Cl. The maximum absolute atomic E-state index is 12.4. The monoisotopic (exact) mass is 452 g/mol. The van der Waals surface area contributed by atoms with Crippen molar-refractivity contribution < 1.29 is 4.79 Å². The van der Waals surface area contributed by atoms with Gasteiger partial charge in [0.25, 0.3) is 5.91 Å². The molecule has 10 heteroatoms. The summed E-state index contributed by atoms with van der Waals surface area (Å²) in [4.78, 5) is 21.6. The Labute approximate surface area is 183 Å². The molecule has 0 aliphatic heterocycles. The first-order valence-corrected chi connectivity index (χ1v) is 11.1. The minimum absolute atomic E-state index is 0.281. The van der Waals surface area contributed by atoms with Crippen LogP contribution in [-0.2, 0) is 6.54 Å². The molecule has 1 amide bonds. The van der Waals surface area contributed by atoms with Crippen molar-refractivity contribution in [1.82, 2.24) is 25.1 Å². The predicted octanol–water partition coefficient (Wildman–Crippen LogP) is 4.50. The van der Waals surface area contributed by atoms with Gasteiger partial charge in [0.15, 0.2) is 10.8 Å². The van der Waals surface area contributed by atoms with Gasteiger partial charge in [0, 0.05) is 18.1 Å². The molecule has 3 rings (SSSR count). The molecule has 3 aromatic rings. The summed E-state index contributed by atoms with van der Waals surface area (Å²) in [5.41, 5.74) is 1.09. The van der Waals surface area contributed by atoms with Crippen LogP contribution in [0.1, 0.15) is 30.6 Å². The van der Waals surface area contributed by atoms with Gasteiger partial charge in [-0.3, -0.25) is 4.79 Å². The summed E-state index contributed by atoms with van der Waals surface area (Å²) in [7, 11) is 0. The Morgan fingerprint density at radius 1 is 1.21 bits per heavy atom. The number of benzene rings is 1. The van der Waals surface area contributed by atoms with Crippen molar-refractivity contribution >= 4 is 57.7 Å². The van der Waals surface area contributed by atoms with Crippen molar-refractivity contribution in [3.05, 3.63) is 40.0 Å². The zero-order valence-corrected chi connectivity index (χ0v) is 18.5. The first-order valence-electron chi connectivity index (χ1n) is 9.37. The molecule has 1 aromatic carbocycles. The lowest BCUT2D eigenvalue weighted by atomic mass is 10.2. The molecule has 0 saturated heterocycles. The lowest BCUT2D eigenvalue weighted by Gasteiger charge is -2.10. The number of amides is 1. The van der Waals surface area contributed by atoms with Crippen LogP contribution in [0.15, 0.2) is 29.6 Å². The third-order valence-corrected chi connectivity index (χ3v) is 5.37. The fourth-order valence-electron chi connectivity index (χ4n) is 2.71. The maximum atomic E-state index is 12.4. The van der Waals surface area contributed by atoms with E-state index in [0.29, 0.717) is 33.9 Å². The molecular weight excluding hydrogens is 431 g/mol. The van der Waals surface area contributed by atoms with Gasteiger partial charge in [-0.25, -0.2) is 14.6 Å². The summed E-state index contributed by atoms with van der Waals surface area (Å²) in [6.07, 6.45) is 2.75. The summed E-state index contributed by atoms with van der Waals surface area (Å²) in [6.45, 7) is 5.82. The van der Waals surface area contributed by atoms with Gasteiger partial charge in [-0.1, -0.05) is 48.8 Å². The van der Waals surface area contributed by atoms with E-state index in [0.717, 1.165) is 35.6 Å². The summed E-state index contributed by atoms with van der Waals surface area (Å²) in [5.74, 6) is 1.38. The van der Waals surface area contributed by atoms with Crippen LogP contribution < -0.4 is 10.6 Å². The minimum atomic E-state index is -0.281. The average molecular weight is 453 g/mol. The van der Waals surface area contributed by atoms with Gasteiger partial charge >= 0.3 is 0 Å². The van der Waals surface area contributed by atoms with Gasteiger partial charge in [-0.15, -0.1) is 0 Å². The highest BCUT2D eigenvalue weighted by molar-refractivity contribution is 7.99. The van der Waals surface area contributed by atoms with E-state index in [1.165, 1.54) is 0 Å². The largest absolute Gasteiger partial charge is 0.369 e. The second-order valence-corrected chi connectivity index (χ2v) is 8.27. The highest BCUT2D eigenvalue weighted by atomic mass is 35.5. The summed E-state index contributed by atoms with van der Waals surface area (Å²) in [6, 6.07) is 4.80. The van der Waals surface area contributed by atoms with Crippen LogP contribution in [0.4, 0.5) is 5.82 Å². The van der Waals surface area contributed by atoms with Gasteiger partial charge in [-0.2, -0.15) is 5.10 Å². The zero-order valence-electron chi connectivity index (χ0n) is 16.2.